The van der Waals surface area contributed by atoms with Gasteiger partial charge in [0.05, 0.1) is 16.6 Å². The highest BCUT2D eigenvalue weighted by Gasteiger charge is 2.44. The van der Waals surface area contributed by atoms with Crippen LogP contribution >= 0.6 is 0 Å². The summed E-state index contributed by atoms with van der Waals surface area (Å²) in [7, 11) is 1.91. The minimum absolute atomic E-state index is 0.0187. The number of benzene rings is 1. The molecule has 3 aromatic rings. The van der Waals surface area contributed by atoms with Gasteiger partial charge in [-0.15, -0.1) is 0 Å². The molecule has 21 heavy (non-hydrogen) atoms. The van der Waals surface area contributed by atoms with E-state index in [1.807, 2.05) is 20.0 Å². The third-order valence-corrected chi connectivity index (χ3v) is 4.23. The lowest BCUT2D eigenvalue weighted by atomic mass is 10.0. The zero-order chi connectivity index (χ0) is 14.4. The third-order valence-electron chi connectivity index (χ3n) is 4.23. The van der Waals surface area contributed by atoms with E-state index >= 15 is 0 Å². The van der Waals surface area contributed by atoms with E-state index in [1.54, 1.807) is 11.0 Å². The maximum Gasteiger partial charge on any atom is 0.163 e. The topological polar surface area (TPSA) is 55.6 Å². The Morgan fingerprint density at radius 1 is 1.14 bits per heavy atom. The number of aryl methyl sites for hydroxylation is 2. The Kier molecular flexibility index (Phi) is 2.51. The minimum atomic E-state index is 0.0187. The third kappa shape index (κ3) is 1.88. The van der Waals surface area contributed by atoms with Gasteiger partial charge in [0, 0.05) is 7.05 Å². The van der Waals surface area contributed by atoms with Crippen LogP contribution in [0, 0.1) is 6.92 Å². The molecule has 0 unspecified atom stereocenters. The van der Waals surface area contributed by atoms with Crippen molar-refractivity contribution in [2.75, 3.05) is 5.32 Å². The second-order valence-corrected chi connectivity index (χ2v) is 5.70. The lowest BCUT2D eigenvalue weighted by Gasteiger charge is -2.19. The molecule has 5 nitrogen and oxygen atoms in total. The Hall–Kier alpha value is -2.43. The quantitative estimate of drug-likeness (QED) is 0.801. The largest absolute Gasteiger partial charge is 0.360 e. The summed E-state index contributed by atoms with van der Waals surface area (Å²) < 4.78 is 1.81. The fourth-order valence-electron chi connectivity index (χ4n) is 2.97. The molecule has 2 aromatic heterocycles. The molecule has 1 aliphatic carbocycles. The van der Waals surface area contributed by atoms with Gasteiger partial charge in [-0.3, -0.25) is 4.68 Å². The highest BCUT2D eigenvalue weighted by Crippen LogP contribution is 2.48. The van der Waals surface area contributed by atoms with Crippen molar-refractivity contribution in [3.63, 3.8) is 0 Å². The van der Waals surface area contributed by atoms with Crippen LogP contribution in [0.25, 0.3) is 11.0 Å². The molecule has 0 radical (unpaired) electrons. The van der Waals surface area contributed by atoms with E-state index in [0.29, 0.717) is 0 Å². The molecule has 1 aliphatic rings. The van der Waals surface area contributed by atoms with E-state index in [9.17, 15) is 0 Å². The highest BCUT2D eigenvalue weighted by atomic mass is 15.3. The number of nitrogens with zero attached hydrogens (tertiary/aromatic N) is 4. The maximum atomic E-state index is 4.46. The molecule has 0 aliphatic heterocycles. The normalized spacial score (nSPS) is 16.1. The van der Waals surface area contributed by atoms with E-state index in [2.05, 4.69) is 44.6 Å². The monoisotopic (exact) mass is 279 g/mol. The van der Waals surface area contributed by atoms with E-state index in [4.69, 9.17) is 0 Å². The number of fused-ring (bicyclic) bond motifs is 1. The Labute approximate surface area is 123 Å². The number of hydrogen-bond donors (Lipinski definition) is 1. The first-order valence-corrected chi connectivity index (χ1v) is 7.18. The Bertz CT molecular complexity index is 802. The molecule has 0 amide bonds. The van der Waals surface area contributed by atoms with Gasteiger partial charge in [0.15, 0.2) is 5.65 Å². The molecular weight excluding hydrogens is 262 g/mol. The summed E-state index contributed by atoms with van der Waals surface area (Å²) >= 11 is 0. The number of aromatic nitrogens is 4. The first-order chi connectivity index (χ1) is 10.2. The fraction of sp³-hybridized carbons (Fsp3) is 0.312. The van der Waals surface area contributed by atoms with Crippen LogP contribution in [-0.2, 0) is 12.6 Å². The van der Waals surface area contributed by atoms with Crippen molar-refractivity contribution in [2.24, 2.45) is 7.05 Å². The first-order valence-electron chi connectivity index (χ1n) is 7.18. The zero-order valence-corrected chi connectivity index (χ0v) is 12.2. The lowest BCUT2D eigenvalue weighted by molar-refractivity contribution is 0.772. The molecular formula is C16H17N5. The summed E-state index contributed by atoms with van der Waals surface area (Å²) in [5.74, 6) is 0.881. The van der Waals surface area contributed by atoms with E-state index < -0.39 is 0 Å². The summed E-state index contributed by atoms with van der Waals surface area (Å²) in [6.45, 7) is 2.00. The smallest absolute Gasteiger partial charge is 0.163 e. The van der Waals surface area contributed by atoms with E-state index in [0.717, 1.165) is 35.4 Å². The molecule has 1 saturated carbocycles. The summed E-state index contributed by atoms with van der Waals surface area (Å²) in [5, 5.41) is 9.10. The summed E-state index contributed by atoms with van der Waals surface area (Å²) in [4.78, 5) is 8.79. The van der Waals surface area contributed by atoms with Crippen molar-refractivity contribution in [3.05, 3.63) is 47.9 Å². The molecule has 1 aromatic carbocycles. The molecule has 0 spiro atoms. The van der Waals surface area contributed by atoms with Gasteiger partial charge >= 0.3 is 0 Å². The van der Waals surface area contributed by atoms with E-state index in [1.165, 1.54) is 5.56 Å². The zero-order valence-electron chi connectivity index (χ0n) is 12.2. The fourth-order valence-corrected chi connectivity index (χ4v) is 2.97. The van der Waals surface area contributed by atoms with Crippen LogP contribution in [0.1, 0.15) is 24.1 Å². The Morgan fingerprint density at radius 3 is 2.62 bits per heavy atom. The van der Waals surface area contributed by atoms with Crippen LogP contribution in [0.3, 0.4) is 0 Å². The van der Waals surface area contributed by atoms with Gasteiger partial charge in [-0.25, -0.2) is 9.97 Å². The van der Waals surface area contributed by atoms with Crippen LogP contribution in [0.2, 0.25) is 0 Å². The van der Waals surface area contributed by atoms with Gasteiger partial charge in [0.25, 0.3) is 0 Å². The molecule has 1 fully saturated rings. The molecule has 5 heteroatoms. The maximum absolute atomic E-state index is 4.46. The second-order valence-electron chi connectivity index (χ2n) is 5.70. The first kappa shape index (κ1) is 12.3. The molecule has 1 N–H and O–H groups in total. The standard InChI is InChI=1S/C16H17N5/c1-11-13-14(17-10-18-15(13)21(2)20-11)19-16(8-9-16)12-6-4-3-5-7-12/h3-7,10H,8-9H2,1-2H3,(H,17,18,19). The van der Waals surface area contributed by atoms with Gasteiger partial charge in [0.2, 0.25) is 0 Å². The van der Waals surface area contributed by atoms with Crippen molar-refractivity contribution >= 4 is 16.9 Å². The van der Waals surface area contributed by atoms with Gasteiger partial charge < -0.3 is 5.32 Å². The van der Waals surface area contributed by atoms with Crippen molar-refractivity contribution < 1.29 is 0 Å². The molecule has 2 heterocycles. The van der Waals surface area contributed by atoms with Crippen molar-refractivity contribution in [1.82, 2.24) is 19.7 Å². The number of anilines is 1. The van der Waals surface area contributed by atoms with Gasteiger partial charge in [0.1, 0.15) is 12.1 Å². The van der Waals surface area contributed by atoms with Crippen LogP contribution in [0.5, 0.6) is 0 Å². The Morgan fingerprint density at radius 2 is 1.90 bits per heavy atom. The predicted octanol–water partition coefficient (Wildman–Crippen LogP) is 2.77. The minimum Gasteiger partial charge on any atom is -0.360 e. The summed E-state index contributed by atoms with van der Waals surface area (Å²) in [6.07, 6.45) is 3.86. The van der Waals surface area contributed by atoms with E-state index in [-0.39, 0.29) is 5.54 Å². The number of rotatable bonds is 3. The van der Waals surface area contributed by atoms with Crippen LogP contribution in [0.15, 0.2) is 36.7 Å². The predicted molar refractivity (Wildman–Crippen MR) is 82.0 cm³/mol. The molecule has 0 atom stereocenters. The van der Waals surface area contributed by atoms with Crippen LogP contribution in [0.4, 0.5) is 5.82 Å². The summed E-state index contributed by atoms with van der Waals surface area (Å²) in [5.41, 5.74) is 3.16. The SMILES string of the molecule is Cc1nn(C)c2ncnc(NC3(c4ccccc4)CC3)c12. The van der Waals surface area contributed by atoms with Gasteiger partial charge in [-0.1, -0.05) is 30.3 Å². The number of nitrogens with one attached hydrogen (secondary N) is 1. The Balaban J connectivity index is 1.79. The van der Waals surface area contributed by atoms with Crippen molar-refractivity contribution in [3.8, 4) is 0 Å². The highest BCUT2D eigenvalue weighted by molar-refractivity contribution is 5.89. The van der Waals surface area contributed by atoms with Crippen LogP contribution in [-0.4, -0.2) is 19.7 Å². The summed E-state index contributed by atoms with van der Waals surface area (Å²) in [6, 6.07) is 10.6. The van der Waals surface area contributed by atoms with Crippen molar-refractivity contribution in [1.29, 1.82) is 0 Å². The second kappa shape index (κ2) is 4.28. The molecule has 4 rings (SSSR count). The average molecular weight is 279 g/mol. The lowest BCUT2D eigenvalue weighted by Crippen LogP contribution is -2.19. The number of hydrogen-bond acceptors (Lipinski definition) is 4. The average Bonchev–Trinajstić information content (AvgIpc) is 3.22. The molecule has 0 saturated heterocycles. The molecule has 0 bridgehead atoms. The van der Waals surface area contributed by atoms with Gasteiger partial charge in [-0.05, 0) is 25.3 Å². The van der Waals surface area contributed by atoms with Crippen molar-refractivity contribution in [2.45, 2.75) is 25.3 Å². The molecule has 106 valence electrons. The van der Waals surface area contributed by atoms with Gasteiger partial charge in [-0.2, -0.15) is 5.10 Å². The van der Waals surface area contributed by atoms with Crippen LogP contribution < -0.4 is 5.32 Å².